The Morgan fingerprint density at radius 3 is 1.31 bits per heavy atom. The molecule has 0 aromatic carbocycles. The molecule has 0 aromatic rings. The average Bonchev–Trinajstić information content (AvgIpc) is 3.23. The Morgan fingerprint density at radius 1 is 0.557 bits per heavy atom. The van der Waals surface area contributed by atoms with Crippen LogP contribution in [-0.4, -0.2) is 97.5 Å². The maximum absolute atomic E-state index is 12.9. The molecule has 0 saturated carbocycles. The summed E-state index contributed by atoms with van der Waals surface area (Å²) in [4.78, 5) is 12.9. The molecule has 1 aliphatic rings. The van der Waals surface area contributed by atoms with E-state index in [-0.39, 0.29) is 19.6 Å². The van der Waals surface area contributed by atoms with Crippen molar-refractivity contribution in [3.8, 4) is 0 Å². The van der Waals surface area contributed by atoms with Crippen molar-refractivity contribution >= 4 is 16.4 Å². The van der Waals surface area contributed by atoms with Gasteiger partial charge in [-0.15, -0.1) is 0 Å². The molecule has 0 aliphatic carbocycles. The van der Waals surface area contributed by atoms with Crippen LogP contribution in [0, 0.1) is 0 Å². The van der Waals surface area contributed by atoms with Gasteiger partial charge in [-0.1, -0.05) is 219 Å². The van der Waals surface area contributed by atoms with Crippen molar-refractivity contribution in [2.75, 3.05) is 26.4 Å². The molecule has 0 spiro atoms. The lowest BCUT2D eigenvalue weighted by atomic mass is 9.99. The third kappa shape index (κ3) is 34.2. The predicted molar refractivity (Wildman–Crippen MR) is 244 cm³/mol. The zero-order valence-corrected chi connectivity index (χ0v) is 39.8. The Bertz CT molecular complexity index is 1080. The molecule has 0 radical (unpaired) electrons. The third-order valence-electron chi connectivity index (χ3n) is 12.0. The van der Waals surface area contributed by atoms with Gasteiger partial charge in [0, 0.05) is 13.0 Å². The lowest BCUT2D eigenvalue weighted by molar-refractivity contribution is -0.301. The highest BCUT2D eigenvalue weighted by molar-refractivity contribution is 7.80. The Balaban J connectivity index is 2.32. The molecule has 1 heterocycles. The summed E-state index contributed by atoms with van der Waals surface area (Å²) in [6.45, 7) is 4.04. The lowest BCUT2D eigenvalue weighted by Crippen LogP contribution is -2.60. The van der Waals surface area contributed by atoms with Crippen molar-refractivity contribution in [1.82, 2.24) is 0 Å². The van der Waals surface area contributed by atoms with E-state index in [0.717, 1.165) is 38.5 Å². The number of rotatable bonds is 45. The summed E-state index contributed by atoms with van der Waals surface area (Å²) in [5, 5.41) is 30.7. The van der Waals surface area contributed by atoms with E-state index in [1.54, 1.807) is 0 Å². The minimum Gasteiger partial charge on any atom is -0.457 e. The van der Waals surface area contributed by atoms with E-state index in [9.17, 15) is 33.1 Å². The Hall–Kier alpha value is -0.900. The SMILES string of the molecule is CCCCCCCCCCCCCCCCCCCCCCCOCC(COC1OC(CO)C(O)C(OS(=O)(=O)O)C1O)OC(=O)CCCCCCCCCCCCCCC. The highest BCUT2D eigenvalue weighted by Crippen LogP contribution is 2.26. The zero-order valence-electron chi connectivity index (χ0n) is 39.0. The van der Waals surface area contributed by atoms with Gasteiger partial charge < -0.3 is 34.3 Å². The van der Waals surface area contributed by atoms with E-state index < -0.39 is 59.8 Å². The van der Waals surface area contributed by atoms with E-state index in [2.05, 4.69) is 18.0 Å². The van der Waals surface area contributed by atoms with E-state index in [4.69, 9.17) is 18.9 Å². The fourth-order valence-corrected chi connectivity index (χ4v) is 8.65. The van der Waals surface area contributed by atoms with Crippen molar-refractivity contribution < 1.29 is 56.2 Å². The molecular weight excluding hydrogens is 801 g/mol. The monoisotopic (exact) mass is 895 g/mol. The molecule has 12 nitrogen and oxygen atoms in total. The van der Waals surface area contributed by atoms with Gasteiger partial charge in [0.05, 0.1) is 19.8 Å². The van der Waals surface area contributed by atoms with E-state index in [1.165, 1.54) is 173 Å². The molecular formula is C48H94O12S. The fourth-order valence-electron chi connectivity index (χ4n) is 8.15. The van der Waals surface area contributed by atoms with Crippen molar-refractivity contribution in [3.05, 3.63) is 0 Å². The summed E-state index contributed by atoms with van der Waals surface area (Å²) in [7, 11) is -5.06. The van der Waals surface area contributed by atoms with Gasteiger partial charge in [0.15, 0.2) is 6.29 Å². The van der Waals surface area contributed by atoms with Crippen LogP contribution in [0.4, 0.5) is 0 Å². The Kier molecular flexibility index (Phi) is 38.7. The number of unbranched alkanes of at least 4 members (excludes halogenated alkanes) is 32. The first-order chi connectivity index (χ1) is 29.6. The highest BCUT2D eigenvalue weighted by Gasteiger charge is 2.48. The quantitative estimate of drug-likeness (QED) is 0.0259. The second kappa shape index (κ2) is 40.6. The van der Waals surface area contributed by atoms with Gasteiger partial charge in [-0.2, -0.15) is 8.42 Å². The average molecular weight is 895 g/mol. The molecule has 364 valence electrons. The largest absolute Gasteiger partial charge is 0.457 e. The maximum atomic E-state index is 12.9. The van der Waals surface area contributed by atoms with Crippen LogP contribution in [0.1, 0.15) is 239 Å². The van der Waals surface area contributed by atoms with Crippen LogP contribution in [0.3, 0.4) is 0 Å². The minimum absolute atomic E-state index is 0.0450. The van der Waals surface area contributed by atoms with Crippen LogP contribution in [-0.2, 0) is 38.3 Å². The predicted octanol–water partition coefficient (Wildman–Crippen LogP) is 11.3. The zero-order chi connectivity index (χ0) is 44.7. The van der Waals surface area contributed by atoms with E-state index >= 15 is 0 Å². The molecule has 1 aliphatic heterocycles. The van der Waals surface area contributed by atoms with Gasteiger partial charge in [0.1, 0.15) is 30.5 Å². The first kappa shape index (κ1) is 58.1. The number of aliphatic hydroxyl groups is 3. The van der Waals surface area contributed by atoms with Crippen LogP contribution in [0.5, 0.6) is 0 Å². The van der Waals surface area contributed by atoms with Crippen molar-refractivity contribution in [2.45, 2.75) is 275 Å². The number of carbonyl (C=O) groups excluding carboxylic acids is 1. The van der Waals surface area contributed by atoms with Gasteiger partial charge in [0.25, 0.3) is 0 Å². The molecule has 4 N–H and O–H groups in total. The number of ether oxygens (including phenoxy) is 4. The summed E-state index contributed by atoms with van der Waals surface area (Å²) in [5.41, 5.74) is 0. The van der Waals surface area contributed by atoms with Gasteiger partial charge in [0.2, 0.25) is 0 Å². The Labute approximate surface area is 373 Å². The highest BCUT2D eigenvalue weighted by atomic mass is 32.3. The van der Waals surface area contributed by atoms with Crippen molar-refractivity contribution in [1.29, 1.82) is 0 Å². The lowest BCUT2D eigenvalue weighted by Gasteiger charge is -2.41. The topological polar surface area (TPSA) is 178 Å². The fraction of sp³-hybridized carbons (Fsp3) is 0.979. The second-order valence-corrected chi connectivity index (χ2v) is 18.8. The standard InChI is InChI=1S/C48H94O12S/c1-3-5-7-9-11-13-15-17-18-19-20-21-22-23-24-26-28-30-32-34-36-38-56-40-42(41-57-48-46(52)47(60-61(53,54)55)45(51)43(39-49)59-48)58-44(50)37-35-33-31-29-27-25-16-14-12-10-8-6-4-2/h42-43,45-49,51-52H,3-41H2,1-2H3,(H,53,54,55). The van der Waals surface area contributed by atoms with Crippen LogP contribution < -0.4 is 0 Å². The normalized spacial score (nSPS) is 20.0. The van der Waals surface area contributed by atoms with Crippen LogP contribution >= 0.6 is 0 Å². The first-order valence-corrected chi connectivity index (χ1v) is 26.7. The van der Waals surface area contributed by atoms with E-state index in [1.807, 2.05) is 0 Å². The van der Waals surface area contributed by atoms with Gasteiger partial charge in [-0.3, -0.25) is 9.35 Å². The number of esters is 1. The number of hydrogen-bond acceptors (Lipinski definition) is 11. The minimum atomic E-state index is -5.06. The van der Waals surface area contributed by atoms with Gasteiger partial charge in [-0.05, 0) is 12.8 Å². The number of carbonyl (C=O) groups is 1. The van der Waals surface area contributed by atoms with Crippen LogP contribution in [0.25, 0.3) is 0 Å². The van der Waals surface area contributed by atoms with Crippen molar-refractivity contribution in [2.24, 2.45) is 0 Å². The number of aliphatic hydroxyl groups excluding tert-OH is 3. The molecule has 13 heteroatoms. The molecule has 6 unspecified atom stereocenters. The van der Waals surface area contributed by atoms with Gasteiger partial charge in [-0.25, -0.2) is 4.18 Å². The molecule has 61 heavy (non-hydrogen) atoms. The molecule has 1 fully saturated rings. The summed E-state index contributed by atoms with van der Waals surface area (Å²) in [5.74, 6) is -0.393. The molecule has 0 aromatic heterocycles. The van der Waals surface area contributed by atoms with Gasteiger partial charge >= 0.3 is 16.4 Å². The molecule has 0 amide bonds. The maximum Gasteiger partial charge on any atom is 0.397 e. The third-order valence-corrected chi connectivity index (χ3v) is 12.4. The molecule has 1 rings (SSSR count). The van der Waals surface area contributed by atoms with Crippen LogP contribution in [0.15, 0.2) is 0 Å². The summed E-state index contributed by atoms with van der Waals surface area (Å²) in [6.07, 6.45) is 34.3. The Morgan fingerprint density at radius 2 is 0.934 bits per heavy atom. The van der Waals surface area contributed by atoms with E-state index in [0.29, 0.717) is 13.0 Å². The summed E-state index contributed by atoms with van der Waals surface area (Å²) >= 11 is 0. The molecule has 6 atom stereocenters. The number of hydrogen-bond donors (Lipinski definition) is 4. The first-order valence-electron chi connectivity index (χ1n) is 25.3. The summed E-state index contributed by atoms with van der Waals surface area (Å²) < 4.78 is 59.2. The summed E-state index contributed by atoms with van der Waals surface area (Å²) in [6, 6.07) is 0. The molecule has 1 saturated heterocycles. The molecule has 0 bridgehead atoms. The van der Waals surface area contributed by atoms with Crippen molar-refractivity contribution in [3.63, 3.8) is 0 Å². The second-order valence-electron chi connectivity index (χ2n) is 17.8. The smallest absolute Gasteiger partial charge is 0.397 e. The van der Waals surface area contributed by atoms with Crippen LogP contribution in [0.2, 0.25) is 0 Å².